The first kappa shape index (κ1) is 14.2. The van der Waals surface area contributed by atoms with Gasteiger partial charge in [-0.15, -0.1) is 0 Å². The standard InChI is InChI=1S/C14H16INO4/c1-8(17)13-11-7-19-14(18)12(11)16(20-13)6-9-3-2-4-10(15)5-9/h2-5,8,11-13,17H,6-7H2,1H3/t8-,11-,12-,13-/m0/s1. The number of halogens is 1. The molecule has 6 heteroatoms. The topological polar surface area (TPSA) is 59.0 Å². The van der Waals surface area contributed by atoms with Gasteiger partial charge in [0.05, 0.1) is 25.2 Å². The first-order valence-corrected chi connectivity index (χ1v) is 7.66. The molecule has 1 aromatic carbocycles. The monoisotopic (exact) mass is 389 g/mol. The number of ether oxygens (including phenoxy) is 1. The van der Waals surface area contributed by atoms with Gasteiger partial charge in [0.15, 0.2) is 0 Å². The zero-order valence-corrected chi connectivity index (χ0v) is 13.2. The molecule has 2 fully saturated rings. The zero-order chi connectivity index (χ0) is 14.3. The number of esters is 1. The first-order valence-electron chi connectivity index (χ1n) is 6.59. The second kappa shape index (κ2) is 5.59. The fraction of sp³-hybridized carbons (Fsp3) is 0.500. The largest absolute Gasteiger partial charge is 0.464 e. The van der Waals surface area contributed by atoms with Crippen LogP contribution in [-0.4, -0.2) is 41.0 Å². The van der Waals surface area contributed by atoms with Gasteiger partial charge in [-0.05, 0) is 47.2 Å². The van der Waals surface area contributed by atoms with Crippen molar-refractivity contribution in [1.29, 1.82) is 0 Å². The Morgan fingerprint density at radius 3 is 3.05 bits per heavy atom. The summed E-state index contributed by atoms with van der Waals surface area (Å²) >= 11 is 2.25. The average Bonchev–Trinajstić information content (AvgIpc) is 2.92. The van der Waals surface area contributed by atoms with Gasteiger partial charge in [0.2, 0.25) is 0 Å². The Hall–Kier alpha value is -0.700. The van der Waals surface area contributed by atoms with Gasteiger partial charge < -0.3 is 9.84 Å². The lowest BCUT2D eigenvalue weighted by Gasteiger charge is -2.21. The quantitative estimate of drug-likeness (QED) is 0.625. The van der Waals surface area contributed by atoms with Crippen molar-refractivity contribution in [1.82, 2.24) is 5.06 Å². The van der Waals surface area contributed by atoms with E-state index in [0.717, 1.165) is 9.13 Å². The van der Waals surface area contributed by atoms with E-state index in [1.54, 1.807) is 12.0 Å². The molecular weight excluding hydrogens is 373 g/mol. The van der Waals surface area contributed by atoms with Crippen LogP contribution in [0, 0.1) is 9.49 Å². The van der Waals surface area contributed by atoms with Gasteiger partial charge in [0.25, 0.3) is 0 Å². The molecule has 20 heavy (non-hydrogen) atoms. The molecule has 0 amide bonds. The van der Waals surface area contributed by atoms with E-state index in [0.29, 0.717) is 13.2 Å². The predicted octanol–water partition coefficient (Wildman–Crippen LogP) is 1.33. The fourth-order valence-corrected chi connectivity index (χ4v) is 3.44. The molecule has 1 aromatic rings. The van der Waals surface area contributed by atoms with Crippen LogP contribution >= 0.6 is 22.6 Å². The SMILES string of the molecule is C[C@H](O)[C@@H]1ON(Cc2cccc(I)c2)[C@@H]2C(=O)OC[C@H]12. The van der Waals surface area contributed by atoms with E-state index in [1.807, 2.05) is 18.2 Å². The molecule has 0 bridgehead atoms. The number of carbonyl (C=O) groups is 1. The van der Waals surface area contributed by atoms with Crippen molar-refractivity contribution in [2.45, 2.75) is 31.7 Å². The summed E-state index contributed by atoms with van der Waals surface area (Å²) in [4.78, 5) is 17.6. The summed E-state index contributed by atoms with van der Waals surface area (Å²) in [6.45, 7) is 2.51. The Morgan fingerprint density at radius 2 is 2.35 bits per heavy atom. The van der Waals surface area contributed by atoms with E-state index in [9.17, 15) is 9.90 Å². The van der Waals surface area contributed by atoms with Crippen molar-refractivity contribution in [3.8, 4) is 0 Å². The highest BCUT2D eigenvalue weighted by Gasteiger charge is 2.54. The molecule has 0 aromatic heterocycles. The van der Waals surface area contributed by atoms with E-state index in [4.69, 9.17) is 9.57 Å². The predicted molar refractivity (Wildman–Crippen MR) is 79.5 cm³/mol. The maximum absolute atomic E-state index is 11.9. The van der Waals surface area contributed by atoms with E-state index in [1.165, 1.54) is 0 Å². The number of hydroxylamine groups is 2. The third-order valence-electron chi connectivity index (χ3n) is 3.76. The van der Waals surface area contributed by atoms with Crippen molar-refractivity contribution >= 4 is 28.6 Å². The van der Waals surface area contributed by atoms with Gasteiger partial charge in [0.1, 0.15) is 12.1 Å². The molecule has 0 aliphatic carbocycles. The normalized spacial score (nSPS) is 31.1. The van der Waals surface area contributed by atoms with Crippen LogP contribution in [0.1, 0.15) is 12.5 Å². The second-order valence-corrected chi connectivity index (χ2v) is 6.50. The van der Waals surface area contributed by atoms with Gasteiger partial charge >= 0.3 is 5.97 Å². The second-order valence-electron chi connectivity index (χ2n) is 5.25. The van der Waals surface area contributed by atoms with Crippen molar-refractivity contribution in [3.63, 3.8) is 0 Å². The van der Waals surface area contributed by atoms with Gasteiger partial charge in [-0.1, -0.05) is 12.1 Å². The van der Waals surface area contributed by atoms with Gasteiger partial charge in [0, 0.05) is 3.57 Å². The number of hydrogen-bond acceptors (Lipinski definition) is 5. The minimum Gasteiger partial charge on any atom is -0.464 e. The highest BCUT2D eigenvalue weighted by molar-refractivity contribution is 14.1. The summed E-state index contributed by atoms with van der Waals surface area (Å²) in [6.07, 6.45) is -1.01. The molecule has 0 radical (unpaired) electrons. The third kappa shape index (κ3) is 2.57. The molecule has 1 N–H and O–H groups in total. The number of rotatable bonds is 3. The van der Waals surface area contributed by atoms with Gasteiger partial charge in [-0.3, -0.25) is 9.63 Å². The molecule has 3 rings (SSSR count). The number of aliphatic hydroxyl groups excluding tert-OH is 1. The third-order valence-corrected chi connectivity index (χ3v) is 4.43. The minimum absolute atomic E-state index is 0.0923. The molecule has 0 unspecified atom stereocenters. The maximum Gasteiger partial charge on any atom is 0.326 e. The average molecular weight is 389 g/mol. The highest BCUT2D eigenvalue weighted by atomic mass is 127. The molecule has 2 aliphatic heterocycles. The van der Waals surface area contributed by atoms with Crippen molar-refractivity contribution in [2.24, 2.45) is 5.92 Å². The molecule has 0 spiro atoms. The Bertz CT molecular complexity index is 522. The molecule has 4 atom stereocenters. The Labute approximate surface area is 130 Å². The van der Waals surface area contributed by atoms with Gasteiger partial charge in [-0.25, -0.2) is 0 Å². The number of benzene rings is 1. The van der Waals surface area contributed by atoms with Crippen LogP contribution in [0.2, 0.25) is 0 Å². The van der Waals surface area contributed by atoms with E-state index >= 15 is 0 Å². The Morgan fingerprint density at radius 1 is 1.55 bits per heavy atom. The number of fused-ring (bicyclic) bond motifs is 1. The number of cyclic esters (lactones) is 1. The molecule has 108 valence electrons. The molecule has 0 saturated carbocycles. The molecule has 5 nitrogen and oxygen atoms in total. The van der Waals surface area contributed by atoms with Crippen LogP contribution in [0.15, 0.2) is 24.3 Å². The Kier molecular flexibility index (Phi) is 3.98. The van der Waals surface area contributed by atoms with E-state index < -0.39 is 12.1 Å². The fourth-order valence-electron chi connectivity index (χ4n) is 2.83. The maximum atomic E-state index is 11.9. The van der Waals surface area contributed by atoms with Crippen LogP contribution in [0.4, 0.5) is 0 Å². The minimum atomic E-state index is -0.627. The first-order chi connectivity index (χ1) is 9.56. The molecule has 2 heterocycles. The lowest BCUT2D eigenvalue weighted by molar-refractivity contribution is -0.202. The summed E-state index contributed by atoms with van der Waals surface area (Å²) in [5.41, 5.74) is 1.07. The van der Waals surface area contributed by atoms with E-state index in [-0.39, 0.29) is 18.0 Å². The zero-order valence-electron chi connectivity index (χ0n) is 11.0. The highest BCUT2D eigenvalue weighted by Crippen LogP contribution is 2.36. The van der Waals surface area contributed by atoms with Crippen LogP contribution in [0.25, 0.3) is 0 Å². The molecular formula is C14H16INO4. The summed E-state index contributed by atoms with van der Waals surface area (Å²) < 4.78 is 6.25. The lowest BCUT2D eigenvalue weighted by Crippen LogP contribution is -2.35. The van der Waals surface area contributed by atoms with Crippen molar-refractivity contribution in [2.75, 3.05) is 6.61 Å². The van der Waals surface area contributed by atoms with Crippen LogP contribution in [0.5, 0.6) is 0 Å². The number of carbonyl (C=O) groups excluding carboxylic acids is 1. The summed E-state index contributed by atoms with van der Waals surface area (Å²) in [6, 6.07) is 7.63. The molecule has 2 aliphatic rings. The summed E-state index contributed by atoms with van der Waals surface area (Å²) in [7, 11) is 0. The summed E-state index contributed by atoms with van der Waals surface area (Å²) in [5, 5.41) is 11.4. The Balaban J connectivity index is 1.80. The smallest absolute Gasteiger partial charge is 0.326 e. The number of nitrogens with zero attached hydrogens (tertiary/aromatic N) is 1. The van der Waals surface area contributed by atoms with Crippen LogP contribution in [0.3, 0.4) is 0 Å². The van der Waals surface area contributed by atoms with Crippen molar-refractivity contribution in [3.05, 3.63) is 33.4 Å². The lowest BCUT2D eigenvalue weighted by atomic mass is 9.95. The van der Waals surface area contributed by atoms with Crippen LogP contribution < -0.4 is 0 Å². The summed E-state index contributed by atoms with van der Waals surface area (Å²) in [5.74, 6) is -0.353. The number of aliphatic hydroxyl groups is 1. The molecule has 2 saturated heterocycles. The van der Waals surface area contributed by atoms with Gasteiger partial charge in [-0.2, -0.15) is 5.06 Å². The number of hydrogen-bond donors (Lipinski definition) is 1. The van der Waals surface area contributed by atoms with Crippen molar-refractivity contribution < 1.29 is 19.5 Å². The van der Waals surface area contributed by atoms with Crippen LogP contribution in [-0.2, 0) is 20.9 Å². The van der Waals surface area contributed by atoms with E-state index in [2.05, 4.69) is 28.7 Å².